The van der Waals surface area contributed by atoms with E-state index >= 15 is 0 Å². The number of hydrogen-bond acceptors (Lipinski definition) is 2. The number of hydrogen-bond donors (Lipinski definition) is 1. The number of halogens is 1. The van der Waals surface area contributed by atoms with E-state index in [1.807, 2.05) is 6.07 Å². The predicted octanol–water partition coefficient (Wildman–Crippen LogP) is 3.51. The monoisotopic (exact) mass is 305 g/mol. The van der Waals surface area contributed by atoms with Crippen molar-refractivity contribution in [1.82, 2.24) is 0 Å². The smallest absolute Gasteiger partial charge is 0.132 e. The fourth-order valence-electron chi connectivity index (χ4n) is 1.19. The second-order valence-electron chi connectivity index (χ2n) is 3.13. The normalized spacial score (nSPS) is 9.93. The molecule has 1 rings (SSSR count). The Morgan fingerprint density at radius 2 is 2.21 bits per heavy atom. The average molecular weight is 305 g/mol. The van der Waals surface area contributed by atoms with Gasteiger partial charge < -0.3 is 10.1 Å². The van der Waals surface area contributed by atoms with Crippen LogP contribution in [0.2, 0.25) is 0 Å². The molecule has 3 heteroatoms. The molecule has 0 fully saturated rings. The van der Waals surface area contributed by atoms with Crippen molar-refractivity contribution in [3.05, 3.63) is 21.8 Å². The molecule has 0 unspecified atom stereocenters. The van der Waals surface area contributed by atoms with E-state index in [0.29, 0.717) is 0 Å². The van der Waals surface area contributed by atoms with Crippen LogP contribution in [0.1, 0.15) is 19.8 Å². The molecule has 0 heterocycles. The molecule has 78 valence electrons. The summed E-state index contributed by atoms with van der Waals surface area (Å²) < 4.78 is 6.34. The lowest BCUT2D eigenvalue weighted by Gasteiger charge is -2.08. The van der Waals surface area contributed by atoms with Crippen molar-refractivity contribution in [1.29, 1.82) is 0 Å². The maximum absolute atomic E-state index is 5.19. The standard InChI is InChI=1S/C11H16INO/c1-3-4-7-13-9-5-6-11(14-2)10(12)8-9/h5-6,8,13H,3-4,7H2,1-2H3. The highest BCUT2D eigenvalue weighted by Gasteiger charge is 1.99. The molecule has 0 aliphatic rings. The van der Waals surface area contributed by atoms with Gasteiger partial charge in [0.2, 0.25) is 0 Å². The average Bonchev–Trinajstić information content (AvgIpc) is 2.18. The minimum atomic E-state index is 0.937. The molecular weight excluding hydrogens is 289 g/mol. The zero-order valence-electron chi connectivity index (χ0n) is 8.64. The van der Waals surface area contributed by atoms with Crippen molar-refractivity contribution < 1.29 is 4.74 Å². The molecule has 0 aromatic heterocycles. The van der Waals surface area contributed by atoms with Crippen molar-refractivity contribution in [2.45, 2.75) is 19.8 Å². The maximum Gasteiger partial charge on any atom is 0.132 e. The SMILES string of the molecule is CCCCNc1ccc(OC)c(I)c1. The number of anilines is 1. The Morgan fingerprint density at radius 3 is 2.79 bits per heavy atom. The van der Waals surface area contributed by atoms with Gasteiger partial charge in [0, 0.05) is 12.2 Å². The molecule has 1 aromatic rings. The summed E-state index contributed by atoms with van der Waals surface area (Å²) in [6.07, 6.45) is 2.43. The van der Waals surface area contributed by atoms with Crippen LogP contribution in [0.3, 0.4) is 0 Å². The van der Waals surface area contributed by atoms with Crippen molar-refractivity contribution in [3.63, 3.8) is 0 Å². The first-order valence-electron chi connectivity index (χ1n) is 4.85. The third-order valence-electron chi connectivity index (χ3n) is 2.01. The summed E-state index contributed by atoms with van der Waals surface area (Å²) in [5.41, 5.74) is 1.17. The fourth-order valence-corrected chi connectivity index (χ4v) is 1.92. The van der Waals surface area contributed by atoms with E-state index in [4.69, 9.17) is 4.74 Å². The van der Waals surface area contributed by atoms with Gasteiger partial charge in [0.1, 0.15) is 5.75 Å². The molecule has 0 aliphatic carbocycles. The lowest BCUT2D eigenvalue weighted by molar-refractivity contribution is 0.412. The summed E-state index contributed by atoms with van der Waals surface area (Å²) in [5.74, 6) is 0.937. The maximum atomic E-state index is 5.19. The van der Waals surface area contributed by atoms with Crippen LogP contribution in [0.5, 0.6) is 5.75 Å². The van der Waals surface area contributed by atoms with Gasteiger partial charge in [-0.3, -0.25) is 0 Å². The van der Waals surface area contributed by atoms with E-state index in [-0.39, 0.29) is 0 Å². The fraction of sp³-hybridized carbons (Fsp3) is 0.455. The second-order valence-corrected chi connectivity index (χ2v) is 4.29. The first-order valence-corrected chi connectivity index (χ1v) is 5.93. The molecule has 1 aromatic carbocycles. The molecule has 14 heavy (non-hydrogen) atoms. The van der Waals surface area contributed by atoms with Crippen LogP contribution in [0.4, 0.5) is 5.69 Å². The van der Waals surface area contributed by atoms with Crippen LogP contribution in [-0.2, 0) is 0 Å². The van der Waals surface area contributed by atoms with E-state index < -0.39 is 0 Å². The summed E-state index contributed by atoms with van der Waals surface area (Å²) in [5, 5.41) is 3.38. The number of ether oxygens (including phenoxy) is 1. The van der Waals surface area contributed by atoms with Crippen molar-refractivity contribution in [2.75, 3.05) is 19.0 Å². The Kier molecular flexibility index (Phi) is 5.07. The molecule has 0 radical (unpaired) electrons. The molecule has 0 spiro atoms. The molecular formula is C11H16INO. The Hall–Kier alpha value is -0.450. The number of unbranched alkanes of at least 4 members (excludes halogenated alkanes) is 1. The molecule has 0 atom stereocenters. The second kappa shape index (κ2) is 6.11. The molecule has 0 bridgehead atoms. The van der Waals surface area contributed by atoms with Crippen LogP contribution in [0, 0.1) is 3.57 Å². The van der Waals surface area contributed by atoms with Crippen LogP contribution >= 0.6 is 22.6 Å². The highest BCUT2D eigenvalue weighted by Crippen LogP contribution is 2.23. The summed E-state index contributed by atoms with van der Waals surface area (Å²) >= 11 is 2.28. The van der Waals surface area contributed by atoms with Crippen LogP contribution < -0.4 is 10.1 Å². The van der Waals surface area contributed by atoms with Gasteiger partial charge >= 0.3 is 0 Å². The third-order valence-corrected chi connectivity index (χ3v) is 2.85. The summed E-state index contributed by atoms with van der Waals surface area (Å²) in [6, 6.07) is 6.15. The van der Waals surface area contributed by atoms with Gasteiger partial charge in [-0.2, -0.15) is 0 Å². The van der Waals surface area contributed by atoms with Crippen LogP contribution in [0.25, 0.3) is 0 Å². The number of nitrogens with one attached hydrogen (secondary N) is 1. The number of benzene rings is 1. The molecule has 0 saturated carbocycles. The first-order chi connectivity index (χ1) is 6.77. The molecule has 0 saturated heterocycles. The number of rotatable bonds is 5. The highest BCUT2D eigenvalue weighted by molar-refractivity contribution is 14.1. The van der Waals surface area contributed by atoms with Crippen LogP contribution in [-0.4, -0.2) is 13.7 Å². The minimum Gasteiger partial charge on any atom is -0.496 e. The molecule has 0 amide bonds. The van der Waals surface area contributed by atoms with Gasteiger partial charge in [0.05, 0.1) is 10.7 Å². The quantitative estimate of drug-likeness (QED) is 0.664. The highest BCUT2D eigenvalue weighted by atomic mass is 127. The van der Waals surface area contributed by atoms with Crippen molar-refractivity contribution in [2.24, 2.45) is 0 Å². The van der Waals surface area contributed by atoms with E-state index in [1.54, 1.807) is 7.11 Å². The van der Waals surface area contributed by atoms with Gasteiger partial charge in [0.15, 0.2) is 0 Å². The van der Waals surface area contributed by atoms with Gasteiger partial charge in [0.25, 0.3) is 0 Å². The molecule has 1 N–H and O–H groups in total. The number of methoxy groups -OCH3 is 1. The minimum absolute atomic E-state index is 0.937. The first kappa shape index (κ1) is 11.6. The Morgan fingerprint density at radius 1 is 1.43 bits per heavy atom. The largest absolute Gasteiger partial charge is 0.496 e. The molecule has 2 nitrogen and oxygen atoms in total. The van der Waals surface area contributed by atoms with E-state index in [2.05, 4.69) is 47.0 Å². The lowest BCUT2D eigenvalue weighted by Crippen LogP contribution is -2.01. The topological polar surface area (TPSA) is 21.3 Å². The van der Waals surface area contributed by atoms with Gasteiger partial charge in [-0.05, 0) is 47.2 Å². The molecule has 0 aliphatic heterocycles. The summed E-state index contributed by atoms with van der Waals surface area (Å²) in [7, 11) is 1.70. The zero-order valence-corrected chi connectivity index (χ0v) is 10.8. The Bertz CT molecular complexity index is 289. The van der Waals surface area contributed by atoms with Crippen molar-refractivity contribution in [3.8, 4) is 5.75 Å². The van der Waals surface area contributed by atoms with Crippen LogP contribution in [0.15, 0.2) is 18.2 Å². The predicted molar refractivity (Wildman–Crippen MR) is 69.1 cm³/mol. The van der Waals surface area contributed by atoms with E-state index in [1.165, 1.54) is 18.5 Å². The van der Waals surface area contributed by atoms with Gasteiger partial charge in [-0.25, -0.2) is 0 Å². The van der Waals surface area contributed by atoms with Gasteiger partial charge in [-0.1, -0.05) is 13.3 Å². The van der Waals surface area contributed by atoms with Crippen molar-refractivity contribution >= 4 is 28.3 Å². The third kappa shape index (κ3) is 3.36. The van der Waals surface area contributed by atoms with E-state index in [0.717, 1.165) is 15.9 Å². The zero-order chi connectivity index (χ0) is 10.4. The summed E-state index contributed by atoms with van der Waals surface area (Å²) in [4.78, 5) is 0. The Labute approximate surface area is 99.2 Å². The Balaban J connectivity index is 2.57. The lowest BCUT2D eigenvalue weighted by atomic mass is 10.3. The van der Waals surface area contributed by atoms with E-state index in [9.17, 15) is 0 Å². The summed E-state index contributed by atoms with van der Waals surface area (Å²) in [6.45, 7) is 3.23. The van der Waals surface area contributed by atoms with Gasteiger partial charge in [-0.15, -0.1) is 0 Å².